The summed E-state index contributed by atoms with van der Waals surface area (Å²) in [5.41, 5.74) is -2.47. The molecule has 0 aromatic rings. The highest BCUT2D eigenvalue weighted by atomic mass is 19.1. The molecule has 6 nitrogen and oxygen atoms in total. The topological polar surface area (TPSA) is 71.1 Å². The van der Waals surface area contributed by atoms with Crippen LogP contribution in [0, 0.1) is 69.0 Å². The minimum atomic E-state index is -0.883. The zero-order valence-corrected chi connectivity index (χ0v) is 59.3. The molecule has 0 aliphatic heterocycles. The highest BCUT2D eigenvalue weighted by molar-refractivity contribution is 5.99. The monoisotopic (exact) mass is 1260 g/mol. The van der Waals surface area contributed by atoms with Gasteiger partial charge in [0.15, 0.2) is 11.6 Å². The Bertz CT molecular complexity index is 1830. The Labute approximate surface area is 552 Å². The summed E-state index contributed by atoms with van der Waals surface area (Å²) in [4.78, 5) is 27.8. The molecule has 0 aromatic heterocycles. The number of halogens is 2. The average molecular weight is 1260 g/mol. The van der Waals surface area contributed by atoms with Crippen LogP contribution in [0.2, 0.25) is 0 Å². The predicted molar refractivity (Wildman–Crippen MR) is 368 cm³/mol. The minimum Gasteiger partial charge on any atom is -0.378 e. The minimum absolute atomic E-state index is 0.349. The van der Waals surface area contributed by atoms with Crippen LogP contribution in [0.5, 0.6) is 0 Å². The van der Waals surface area contributed by atoms with Gasteiger partial charge in [0, 0.05) is 26.4 Å². The number of alkyl halides is 2. The van der Waals surface area contributed by atoms with Gasteiger partial charge in [-0.05, 0) is 278 Å². The molecule has 4 spiro atoms. The molecule has 90 heavy (non-hydrogen) atoms. The van der Waals surface area contributed by atoms with Crippen LogP contribution in [0.15, 0.2) is 0 Å². The first-order chi connectivity index (χ1) is 44.0. The Morgan fingerprint density at radius 3 is 0.600 bits per heavy atom. The van der Waals surface area contributed by atoms with Gasteiger partial charge >= 0.3 is 0 Å². The maximum atomic E-state index is 16.3. The van der Waals surface area contributed by atoms with Gasteiger partial charge in [-0.25, -0.2) is 8.78 Å². The zero-order valence-electron chi connectivity index (χ0n) is 59.3. The molecule has 10 rings (SSSR count). The van der Waals surface area contributed by atoms with E-state index >= 15 is 8.78 Å². The van der Waals surface area contributed by atoms with Crippen LogP contribution in [0.3, 0.4) is 0 Å². The first kappa shape index (κ1) is 73.3. The third-order valence-corrected chi connectivity index (χ3v) is 27.9. The third-order valence-electron chi connectivity index (χ3n) is 27.9. The lowest BCUT2D eigenvalue weighted by Crippen LogP contribution is -2.69. The van der Waals surface area contributed by atoms with Crippen LogP contribution in [0.4, 0.5) is 8.78 Å². The molecule has 0 aromatic carbocycles. The molecule has 0 atom stereocenters. The molecule has 10 aliphatic carbocycles. The third kappa shape index (κ3) is 18.8. The van der Waals surface area contributed by atoms with Crippen LogP contribution in [0.1, 0.15) is 374 Å². The summed E-state index contributed by atoms with van der Waals surface area (Å²) in [6.45, 7) is 12.8. The molecule has 0 N–H and O–H groups in total. The fourth-order valence-corrected chi connectivity index (χ4v) is 21.9. The second kappa shape index (κ2) is 37.7. The van der Waals surface area contributed by atoms with Crippen molar-refractivity contribution in [2.24, 2.45) is 69.0 Å². The fourth-order valence-electron chi connectivity index (χ4n) is 21.9. The molecule has 0 unspecified atom stereocenters. The number of carbonyl (C=O) groups is 2. The average Bonchev–Trinajstić information content (AvgIpc) is 0.699. The molecule has 520 valence electrons. The Kier molecular flexibility index (Phi) is 30.7. The van der Waals surface area contributed by atoms with Crippen molar-refractivity contribution in [2.75, 3.05) is 26.4 Å². The van der Waals surface area contributed by atoms with Gasteiger partial charge in [-0.3, -0.25) is 9.59 Å². The lowest BCUT2D eigenvalue weighted by Gasteiger charge is -2.62. The van der Waals surface area contributed by atoms with Crippen molar-refractivity contribution < 1.29 is 37.3 Å². The molecule has 0 bridgehead atoms. The number of hydrogen-bond donors (Lipinski definition) is 0. The summed E-state index contributed by atoms with van der Waals surface area (Å²) in [6.07, 6.45) is 63.8. The highest BCUT2D eigenvalue weighted by Gasteiger charge is 2.73. The molecular weight excluding hydrogens is 1120 g/mol. The number of hydrogen-bond acceptors (Lipinski definition) is 6. The Morgan fingerprint density at radius 1 is 0.256 bits per heavy atom. The maximum Gasteiger partial charge on any atom is 0.151 e. The summed E-state index contributed by atoms with van der Waals surface area (Å²) >= 11 is 0. The summed E-state index contributed by atoms with van der Waals surface area (Å²) in [7, 11) is 0. The number of ketones is 2. The number of ether oxygens (including phenoxy) is 4. The van der Waals surface area contributed by atoms with E-state index in [1.165, 1.54) is 244 Å². The van der Waals surface area contributed by atoms with Crippen molar-refractivity contribution in [1.82, 2.24) is 0 Å². The van der Waals surface area contributed by atoms with E-state index in [1.54, 1.807) is 0 Å². The van der Waals surface area contributed by atoms with Gasteiger partial charge in [-0.2, -0.15) is 0 Å². The van der Waals surface area contributed by atoms with Crippen LogP contribution >= 0.6 is 0 Å². The predicted octanol–water partition coefficient (Wildman–Crippen LogP) is 23.5. The first-order valence-corrected chi connectivity index (χ1v) is 40.9. The molecule has 10 aliphatic rings. The molecular formula is C82H142F2O6. The van der Waals surface area contributed by atoms with E-state index in [1.807, 2.05) is 0 Å². The lowest BCUT2D eigenvalue weighted by atomic mass is 9.41. The van der Waals surface area contributed by atoms with E-state index in [0.29, 0.717) is 59.7 Å². The maximum absolute atomic E-state index is 16.3. The van der Waals surface area contributed by atoms with E-state index in [9.17, 15) is 9.59 Å². The summed E-state index contributed by atoms with van der Waals surface area (Å²) in [6, 6.07) is 0. The number of carbonyl (C=O) groups excluding carboxylic acids is 2. The Hall–Kier alpha value is -0.960. The summed E-state index contributed by atoms with van der Waals surface area (Å²) in [5, 5.41) is 0. The molecule has 10 fully saturated rings. The number of rotatable bonds is 34. The van der Waals surface area contributed by atoms with Crippen LogP contribution in [0.25, 0.3) is 0 Å². The molecule has 10 saturated carbocycles. The smallest absolute Gasteiger partial charge is 0.151 e. The molecule has 0 saturated heterocycles. The van der Waals surface area contributed by atoms with E-state index < -0.39 is 34.0 Å². The Morgan fingerprint density at radius 2 is 0.422 bits per heavy atom. The van der Waals surface area contributed by atoms with E-state index in [2.05, 4.69) is 27.7 Å². The van der Waals surface area contributed by atoms with Gasteiger partial charge in [0.2, 0.25) is 0 Å². The summed E-state index contributed by atoms with van der Waals surface area (Å²) < 4.78 is 57.5. The van der Waals surface area contributed by atoms with Gasteiger partial charge in [-0.1, -0.05) is 143 Å². The van der Waals surface area contributed by atoms with Gasteiger partial charge in [0.25, 0.3) is 0 Å². The summed E-state index contributed by atoms with van der Waals surface area (Å²) in [5.74, 6) is 6.54. The molecule has 8 heteroatoms. The Balaban J connectivity index is 0.000000214. The van der Waals surface area contributed by atoms with Crippen molar-refractivity contribution in [2.45, 2.75) is 411 Å². The van der Waals surface area contributed by atoms with Crippen molar-refractivity contribution in [3.8, 4) is 0 Å². The fraction of sp³-hybridized carbons (Fsp3) is 0.976. The van der Waals surface area contributed by atoms with Crippen molar-refractivity contribution in [3.63, 3.8) is 0 Å². The van der Waals surface area contributed by atoms with Crippen molar-refractivity contribution in [3.05, 3.63) is 0 Å². The van der Waals surface area contributed by atoms with E-state index in [-0.39, 0.29) is 0 Å². The van der Waals surface area contributed by atoms with Gasteiger partial charge in [-0.15, -0.1) is 0 Å². The van der Waals surface area contributed by atoms with Crippen LogP contribution < -0.4 is 0 Å². The normalized spacial score (nSPS) is 38.9. The van der Waals surface area contributed by atoms with Crippen LogP contribution in [-0.4, -0.2) is 74.8 Å². The second-order valence-corrected chi connectivity index (χ2v) is 33.4. The molecule has 0 radical (unpaired) electrons. The van der Waals surface area contributed by atoms with E-state index in [4.69, 9.17) is 18.9 Å². The van der Waals surface area contributed by atoms with E-state index in [0.717, 1.165) is 153 Å². The van der Waals surface area contributed by atoms with Crippen LogP contribution in [-0.2, 0) is 28.5 Å². The number of Topliss-reactive ketones (excluding diaryl/α,β-unsaturated/α-hetero) is 2. The highest BCUT2D eigenvalue weighted by Crippen LogP contribution is 2.68. The SMILES string of the molecule is CCCCCCCCOC1CCC(C2CCC3(CC2)C(=O)C2(CCC(C4CCC(OCCCCCCCC)CC4)CC2)C3F)CC1.CCCCCCCOC1CCC(C2CCC3(CC2)C(=O)C2(CCC(C4CCC(OCCCCCCC)CC4)CC2)C3F)CC1. The van der Waals surface area contributed by atoms with Gasteiger partial charge < -0.3 is 18.9 Å². The largest absolute Gasteiger partial charge is 0.378 e. The van der Waals surface area contributed by atoms with Crippen molar-refractivity contribution in [1.29, 1.82) is 0 Å². The second-order valence-electron chi connectivity index (χ2n) is 33.4. The van der Waals surface area contributed by atoms with Gasteiger partial charge in [0.05, 0.1) is 46.1 Å². The zero-order chi connectivity index (χ0) is 63.1. The van der Waals surface area contributed by atoms with Gasteiger partial charge in [0.1, 0.15) is 12.3 Å². The molecule has 0 heterocycles. The standard InChI is InChI=1S/C42H73FO3.C40H69FO3/c1-3-5-7-9-11-13-31-45-37-19-15-33(16-20-37)35-23-27-41(28-24-35)39(43)42(40(41)44)29-25-36(26-30-42)34-17-21-38(22-18-34)46-32-14-12-10-8-6-4-2;1-3-5-7-9-11-29-43-35-17-13-31(14-18-35)33-21-25-39(26-22-33)37(41)40(38(39)42)27-23-34(24-28-40)32-15-19-36(20-16-32)44-30-12-10-8-6-4-2/h33-39H,3-32H2,1-2H3;31-37H,3-30H2,1-2H3. The number of unbranched alkanes of at least 4 members (excludes halogenated alkanes) is 18. The lowest BCUT2D eigenvalue weighted by molar-refractivity contribution is -0.195. The first-order valence-electron chi connectivity index (χ1n) is 40.9. The van der Waals surface area contributed by atoms with Crippen molar-refractivity contribution >= 4 is 11.6 Å². The quantitative estimate of drug-likeness (QED) is 0.0598. The molecule has 0 amide bonds.